The summed E-state index contributed by atoms with van der Waals surface area (Å²) >= 11 is -1.80. The van der Waals surface area contributed by atoms with Crippen molar-refractivity contribution in [1.29, 1.82) is 0 Å². The van der Waals surface area contributed by atoms with Crippen LogP contribution in [0.5, 0.6) is 17.4 Å². The summed E-state index contributed by atoms with van der Waals surface area (Å²) in [6, 6.07) is 11.1. The first-order chi connectivity index (χ1) is 33.9. The van der Waals surface area contributed by atoms with Crippen LogP contribution in [-0.2, 0) is 67.4 Å². The van der Waals surface area contributed by atoms with Gasteiger partial charge in [-0.2, -0.15) is 51.9 Å². The molecule has 0 aliphatic carbocycles. The van der Waals surface area contributed by atoms with Crippen molar-refractivity contribution in [3.05, 3.63) is 84.1 Å². The molecule has 7 aromatic rings. The summed E-state index contributed by atoms with van der Waals surface area (Å²) in [4.78, 5) is 0.511. The van der Waals surface area contributed by atoms with Crippen molar-refractivity contribution in [2.45, 2.75) is 38.7 Å². The first-order valence-corrected chi connectivity index (χ1v) is 28.9. The fourth-order valence-electron chi connectivity index (χ4n) is 6.54. The van der Waals surface area contributed by atoms with E-state index in [9.17, 15) is 83.8 Å². The Balaban J connectivity index is 1.22. The molecule has 0 saturated heterocycles. The van der Waals surface area contributed by atoms with Gasteiger partial charge in [-0.1, -0.05) is 28.5 Å². The van der Waals surface area contributed by atoms with Crippen LogP contribution in [0.2, 0.25) is 0 Å². The van der Waals surface area contributed by atoms with Gasteiger partial charge in [-0.25, -0.2) is 4.98 Å². The average Bonchev–Trinajstić information content (AvgIpc) is 3.86. The fourth-order valence-corrected chi connectivity index (χ4v) is 11.1. The lowest BCUT2D eigenvalue weighted by Crippen LogP contribution is -2.08. The predicted octanol–water partition coefficient (Wildman–Crippen LogP) is 6.62. The van der Waals surface area contributed by atoms with E-state index in [1.807, 2.05) is 0 Å². The number of aromatic hydroxyl groups is 2. The lowest BCUT2D eigenvalue weighted by atomic mass is 10.1. The van der Waals surface area contributed by atoms with Crippen LogP contribution in [0.1, 0.15) is 17.5 Å². The highest BCUT2D eigenvalue weighted by Gasteiger charge is 2.25. The number of azo groups is 3. The van der Waals surface area contributed by atoms with Crippen molar-refractivity contribution >= 4 is 128 Å². The molecule has 0 aliphatic rings. The second-order valence-electron chi connectivity index (χ2n) is 14.9. The number of aryl methyl sites for hydroxylation is 1. The monoisotopic (exact) mass is 1140 g/mol. The Kier molecular flexibility index (Phi) is 15.1. The van der Waals surface area contributed by atoms with E-state index >= 15 is 0 Å². The quantitative estimate of drug-likeness (QED) is 0.0205. The maximum absolute atomic E-state index is 12.8. The highest BCUT2D eigenvalue weighted by Crippen LogP contribution is 2.44. The Morgan fingerprint density at radius 3 is 1.90 bits per heavy atom. The molecule has 386 valence electrons. The van der Waals surface area contributed by atoms with Gasteiger partial charge in [-0.15, -0.1) is 30.7 Å². The Labute approximate surface area is 417 Å². The lowest BCUT2D eigenvalue weighted by molar-refractivity contribution is 0.317. The molecule has 7 rings (SSSR count). The summed E-state index contributed by atoms with van der Waals surface area (Å²) in [6.07, 6.45) is 0.600. The molecule has 0 fully saturated rings. The van der Waals surface area contributed by atoms with Crippen molar-refractivity contribution in [1.82, 2.24) is 14.8 Å². The molecule has 36 heteroatoms. The van der Waals surface area contributed by atoms with E-state index in [2.05, 4.69) is 40.8 Å². The smallest absolute Gasteiger partial charge is 0.297 e. The van der Waals surface area contributed by atoms with E-state index in [1.165, 1.54) is 18.2 Å². The number of ether oxygens (including phenoxy) is 1. The van der Waals surface area contributed by atoms with Crippen LogP contribution in [0.4, 0.5) is 33.6 Å². The van der Waals surface area contributed by atoms with Crippen LogP contribution in [0.3, 0.4) is 0 Å². The predicted molar refractivity (Wildman–Crippen MR) is 253 cm³/mol. The molecule has 1 atom stereocenters. The summed E-state index contributed by atoms with van der Waals surface area (Å²) in [6.45, 7) is 1.22. The van der Waals surface area contributed by atoms with Gasteiger partial charge in [0.25, 0.3) is 50.6 Å². The number of aromatic nitrogens is 3. The van der Waals surface area contributed by atoms with Crippen molar-refractivity contribution in [2.75, 3.05) is 12.4 Å². The van der Waals surface area contributed by atoms with Gasteiger partial charge in [-0.3, -0.25) is 27.0 Å². The number of thiazole rings is 1. The standard InChI is InChI=1S/C37H31N9O20S7/c1-18-9-28(30(66-7-2-8-69(51,52)53)15-27(18)42-45-37-39-33-31(67-37)10-19(17-68(49)50)11-32(33)72(60,61)62)43-40-25-5-4-24-23(34(25)47)3-6-26(35(24)73(63,64)65)41-44-29-16-38-46(36(29)48)20-12-21(70(54,55)56)14-22(13-20)71(57,58)59/h3-6,9-16,47-48H,2,7-8,17H2,1H3,(H,49,50)(H,51,52,53)(H,54,55,56)(H,57,58,59)(H,60,61,62)(H,63,64,65)/p-1. The second-order valence-corrected chi connectivity index (χ2v) is 23.9. The molecular weight excluding hydrogens is 1110 g/mol. The summed E-state index contributed by atoms with van der Waals surface area (Å²) in [5, 5.41) is 49.2. The van der Waals surface area contributed by atoms with Crippen LogP contribution in [0, 0.1) is 6.92 Å². The third-order valence-corrected chi connectivity index (χ3v) is 15.4. The molecule has 1 unspecified atom stereocenters. The van der Waals surface area contributed by atoms with Gasteiger partial charge >= 0.3 is 0 Å². The number of rotatable bonds is 18. The van der Waals surface area contributed by atoms with Gasteiger partial charge in [0.15, 0.2) is 11.4 Å². The summed E-state index contributed by atoms with van der Waals surface area (Å²) in [5.41, 5.74) is -1.75. The number of fused-ring (bicyclic) bond motifs is 2. The zero-order valence-corrected chi connectivity index (χ0v) is 41.8. The van der Waals surface area contributed by atoms with Crippen LogP contribution in [0.15, 0.2) is 123 Å². The van der Waals surface area contributed by atoms with Crippen LogP contribution in [0.25, 0.3) is 26.7 Å². The summed E-state index contributed by atoms with van der Waals surface area (Å²) in [5.74, 6) is -3.00. The molecule has 7 N–H and O–H groups in total. The molecule has 29 nitrogen and oxygen atoms in total. The zero-order chi connectivity index (χ0) is 53.6. The first-order valence-electron chi connectivity index (χ1n) is 19.5. The molecule has 0 saturated carbocycles. The van der Waals surface area contributed by atoms with E-state index < -0.39 is 121 Å². The minimum Gasteiger partial charge on any atom is -0.772 e. The Morgan fingerprint density at radius 1 is 0.685 bits per heavy atom. The molecule has 0 amide bonds. The van der Waals surface area contributed by atoms with E-state index in [4.69, 9.17) is 4.74 Å². The highest BCUT2D eigenvalue weighted by atomic mass is 32.2. The minimum absolute atomic E-state index is 0.0380. The van der Waals surface area contributed by atoms with E-state index in [1.54, 1.807) is 6.92 Å². The number of benzene rings is 5. The Morgan fingerprint density at radius 2 is 1.29 bits per heavy atom. The summed E-state index contributed by atoms with van der Waals surface area (Å²) in [7, 11) is -24.6. The number of hydrogen-bond acceptors (Lipinski definition) is 24. The molecule has 2 aromatic heterocycles. The topological polar surface area (TPSA) is 467 Å². The molecule has 0 spiro atoms. The van der Waals surface area contributed by atoms with E-state index in [0.717, 1.165) is 47.9 Å². The van der Waals surface area contributed by atoms with Gasteiger partial charge < -0.3 is 19.5 Å². The van der Waals surface area contributed by atoms with Gasteiger partial charge in [0.1, 0.15) is 38.1 Å². The van der Waals surface area contributed by atoms with Gasteiger partial charge in [0.2, 0.25) is 11.0 Å². The molecule has 5 aromatic carbocycles. The van der Waals surface area contributed by atoms with Crippen LogP contribution < -0.4 is 4.74 Å². The van der Waals surface area contributed by atoms with Gasteiger partial charge in [0.05, 0.1) is 44.4 Å². The number of nitrogens with zero attached hydrogens (tertiary/aromatic N) is 9. The van der Waals surface area contributed by atoms with Crippen molar-refractivity contribution in [3.63, 3.8) is 0 Å². The maximum Gasteiger partial charge on any atom is 0.297 e. The maximum atomic E-state index is 12.8. The van der Waals surface area contributed by atoms with Crippen LogP contribution in [-0.4, -0.2) is 111 Å². The highest BCUT2D eigenvalue weighted by molar-refractivity contribution is 7.87. The average molecular weight is 1150 g/mol. The summed E-state index contributed by atoms with van der Waals surface area (Å²) < 4.78 is 197. The van der Waals surface area contributed by atoms with Gasteiger partial charge in [-0.05, 0) is 79.1 Å². The minimum atomic E-state index is -5.22. The SMILES string of the molecule is Cc1cc(N=Nc2ccc3c(S(=O)(=O)O)c(N=Nc4cnn(-c5cc(S(=O)(=O)O)cc(S(=O)(=O)O)c5)c4O)ccc3c2O)c(OCCCS(=O)(=O)O)cc1N=Nc1nc2c(S(=O)(=O)O)cc(CS(=O)[O-])cc2s1. The Hall–Kier alpha value is -6.68. The first kappa shape index (κ1) is 54.1. The fraction of sp³-hybridized carbons (Fsp3) is 0.135. The zero-order valence-electron chi connectivity index (χ0n) is 36.1. The number of hydrogen-bond donors (Lipinski definition) is 7. The molecular formula is C37H30N9O20S7-. The third kappa shape index (κ3) is 12.8. The Bertz CT molecular complexity index is 4070. The molecule has 0 bridgehead atoms. The molecule has 0 aliphatic heterocycles. The van der Waals surface area contributed by atoms with E-state index in [0.29, 0.717) is 28.4 Å². The lowest BCUT2D eigenvalue weighted by Gasteiger charge is -2.11. The molecule has 0 radical (unpaired) electrons. The third-order valence-electron chi connectivity index (χ3n) is 9.70. The van der Waals surface area contributed by atoms with Crippen molar-refractivity contribution in [2.24, 2.45) is 30.7 Å². The van der Waals surface area contributed by atoms with Crippen molar-refractivity contribution < 1.29 is 88.6 Å². The molecule has 73 heavy (non-hydrogen) atoms. The van der Waals surface area contributed by atoms with Gasteiger partial charge in [0, 0.05) is 22.6 Å². The van der Waals surface area contributed by atoms with Crippen molar-refractivity contribution in [3.8, 4) is 23.1 Å². The largest absolute Gasteiger partial charge is 0.772 e. The van der Waals surface area contributed by atoms with Crippen LogP contribution >= 0.6 is 11.3 Å². The number of phenolic OH excluding ortho intramolecular Hbond substituents is 1. The number of phenols is 1. The van der Waals surface area contributed by atoms with E-state index in [-0.39, 0.29) is 67.5 Å². The second kappa shape index (κ2) is 20.3. The molecule has 2 heterocycles. The normalized spacial score (nSPS) is 13.6.